The zero-order valence-electron chi connectivity index (χ0n) is 19.2. The van der Waals surface area contributed by atoms with Crippen LogP contribution in [0, 0.1) is 5.92 Å². The van der Waals surface area contributed by atoms with Crippen LogP contribution in [0.1, 0.15) is 76.2 Å². The first-order chi connectivity index (χ1) is 14.5. The molecule has 1 aliphatic heterocycles. The molecule has 3 atom stereocenters. The lowest BCUT2D eigenvalue weighted by atomic mass is 9.63. The molecule has 0 radical (unpaired) electrons. The molecule has 1 spiro atoms. The van der Waals surface area contributed by atoms with Gasteiger partial charge in [0.05, 0.1) is 18.1 Å². The topological polar surface area (TPSA) is 55.8 Å². The molecule has 4 nitrogen and oxygen atoms in total. The van der Waals surface area contributed by atoms with Crippen molar-refractivity contribution in [3.05, 3.63) is 56.8 Å². The number of methoxy groups -OCH3 is 1. The maximum Gasteiger partial charge on any atom is 0.211 e. The van der Waals surface area contributed by atoms with Crippen molar-refractivity contribution in [2.45, 2.75) is 71.3 Å². The molecule has 1 saturated carbocycles. The quantitative estimate of drug-likeness (QED) is 0.536. The maximum atomic E-state index is 13.3. The van der Waals surface area contributed by atoms with Gasteiger partial charge in [-0.15, -0.1) is 0 Å². The fourth-order valence-corrected chi connectivity index (χ4v) is 6.09. The van der Waals surface area contributed by atoms with Crippen LogP contribution < -0.4 is 4.74 Å². The number of carbonyl (C=O) groups is 1. The second-order valence-corrected chi connectivity index (χ2v) is 10.2. The van der Waals surface area contributed by atoms with E-state index in [2.05, 4.69) is 40.7 Å². The standard InChI is InChI=1S/C26H31ClO4/c1-14(2)8-7-9-25(5)20-10-16(15(3)4)13-26(20)18-11-17(28)12-19(30-6)21(18)23(29)22(27)24(26)31-25/h8,11-12,20,28H,7,9-10,13H2,1-6H3/t20-,25-,26+/m0/s1. The molecular weight excluding hydrogens is 412 g/mol. The number of hydrogen-bond acceptors (Lipinski definition) is 4. The molecule has 5 heteroatoms. The van der Waals surface area contributed by atoms with Crippen molar-refractivity contribution in [1.82, 2.24) is 0 Å². The Morgan fingerprint density at radius 3 is 2.65 bits per heavy atom. The molecule has 2 aliphatic carbocycles. The number of phenols is 1. The van der Waals surface area contributed by atoms with E-state index in [4.69, 9.17) is 21.1 Å². The number of rotatable bonds is 4. The summed E-state index contributed by atoms with van der Waals surface area (Å²) in [5.41, 5.74) is 4.12. The zero-order chi connectivity index (χ0) is 22.7. The number of phenolic OH excluding ortho intramolecular Hbond substituents is 1. The van der Waals surface area contributed by atoms with Gasteiger partial charge in [-0.1, -0.05) is 34.4 Å². The van der Waals surface area contributed by atoms with Gasteiger partial charge < -0.3 is 14.6 Å². The summed E-state index contributed by atoms with van der Waals surface area (Å²) in [6, 6.07) is 3.20. The number of aromatic hydroxyl groups is 1. The first-order valence-corrected chi connectivity index (χ1v) is 11.3. The number of halogens is 1. The molecule has 1 aromatic rings. The highest BCUT2D eigenvalue weighted by Crippen LogP contribution is 2.67. The lowest BCUT2D eigenvalue weighted by molar-refractivity contribution is 0.0166. The molecule has 1 N–H and O–H groups in total. The summed E-state index contributed by atoms with van der Waals surface area (Å²) in [6.45, 7) is 10.6. The van der Waals surface area contributed by atoms with Crippen LogP contribution in [0.2, 0.25) is 0 Å². The van der Waals surface area contributed by atoms with E-state index >= 15 is 0 Å². The van der Waals surface area contributed by atoms with Crippen molar-refractivity contribution in [2.24, 2.45) is 5.92 Å². The average Bonchev–Trinajstić information content (AvgIpc) is 3.21. The number of ether oxygens (including phenoxy) is 2. The Hall–Kier alpha value is -2.20. The van der Waals surface area contributed by atoms with Crippen molar-refractivity contribution in [2.75, 3.05) is 7.11 Å². The Balaban J connectivity index is 1.98. The molecule has 1 aromatic carbocycles. The Morgan fingerprint density at radius 1 is 1.32 bits per heavy atom. The second-order valence-electron chi connectivity index (χ2n) is 9.79. The van der Waals surface area contributed by atoms with Crippen LogP contribution in [0.5, 0.6) is 11.5 Å². The van der Waals surface area contributed by atoms with Gasteiger partial charge in [-0.3, -0.25) is 4.79 Å². The molecule has 0 aromatic heterocycles. The van der Waals surface area contributed by atoms with Gasteiger partial charge in [0.2, 0.25) is 5.78 Å². The monoisotopic (exact) mass is 442 g/mol. The van der Waals surface area contributed by atoms with E-state index in [-0.39, 0.29) is 22.5 Å². The van der Waals surface area contributed by atoms with Crippen LogP contribution in [-0.4, -0.2) is 23.6 Å². The van der Waals surface area contributed by atoms with Crippen molar-refractivity contribution < 1.29 is 19.4 Å². The number of allylic oxidation sites excluding steroid dienone is 6. The van der Waals surface area contributed by atoms with E-state index in [1.807, 2.05) is 0 Å². The van der Waals surface area contributed by atoms with Crippen LogP contribution in [0.4, 0.5) is 0 Å². The van der Waals surface area contributed by atoms with E-state index in [1.165, 1.54) is 29.9 Å². The number of ketones is 1. The van der Waals surface area contributed by atoms with Crippen molar-refractivity contribution in [1.29, 1.82) is 0 Å². The first-order valence-electron chi connectivity index (χ1n) is 10.9. The number of Topliss-reactive ketones (excluding diaryl/α,β-unsaturated/α-hetero) is 1. The largest absolute Gasteiger partial charge is 0.508 e. The highest BCUT2D eigenvalue weighted by atomic mass is 35.5. The Kier molecular flexibility index (Phi) is 5.28. The van der Waals surface area contributed by atoms with Gasteiger partial charge in [0.25, 0.3) is 0 Å². The van der Waals surface area contributed by atoms with Gasteiger partial charge in [-0.05, 0) is 71.9 Å². The van der Waals surface area contributed by atoms with Gasteiger partial charge in [-0.25, -0.2) is 0 Å². The third-order valence-electron chi connectivity index (χ3n) is 7.33. The number of benzene rings is 1. The van der Waals surface area contributed by atoms with Gasteiger partial charge in [0.1, 0.15) is 27.9 Å². The highest BCUT2D eigenvalue weighted by Gasteiger charge is 2.67. The van der Waals surface area contributed by atoms with Gasteiger partial charge in [0.15, 0.2) is 0 Å². The molecule has 0 amide bonds. The van der Waals surface area contributed by atoms with Crippen molar-refractivity contribution >= 4 is 17.4 Å². The Labute approximate surface area is 189 Å². The first kappa shape index (κ1) is 22.0. The SMILES string of the molecule is COc1cc(O)cc2c1C(=O)C(Cl)=C1O[C@@](C)(CCC=C(C)C)[C@@H]3CC(=C(C)C)C[C@@]123. The minimum Gasteiger partial charge on any atom is -0.508 e. The Morgan fingerprint density at radius 2 is 2.03 bits per heavy atom. The summed E-state index contributed by atoms with van der Waals surface area (Å²) in [7, 11) is 1.51. The summed E-state index contributed by atoms with van der Waals surface area (Å²) in [5, 5.41) is 10.6. The molecule has 3 aliphatic rings. The summed E-state index contributed by atoms with van der Waals surface area (Å²) in [4.78, 5) is 13.3. The van der Waals surface area contributed by atoms with E-state index < -0.39 is 11.0 Å². The van der Waals surface area contributed by atoms with E-state index in [0.717, 1.165) is 31.2 Å². The lowest BCUT2D eigenvalue weighted by Gasteiger charge is -2.36. The zero-order valence-corrected chi connectivity index (χ0v) is 19.9. The summed E-state index contributed by atoms with van der Waals surface area (Å²) in [6.07, 6.45) is 5.56. The van der Waals surface area contributed by atoms with Crippen LogP contribution in [0.3, 0.4) is 0 Å². The third-order valence-corrected chi connectivity index (χ3v) is 7.67. The lowest BCUT2D eigenvalue weighted by Crippen LogP contribution is -2.40. The van der Waals surface area contributed by atoms with Gasteiger partial charge in [-0.2, -0.15) is 0 Å². The van der Waals surface area contributed by atoms with Crippen LogP contribution in [-0.2, 0) is 10.2 Å². The van der Waals surface area contributed by atoms with Gasteiger partial charge >= 0.3 is 0 Å². The molecule has 0 unspecified atom stereocenters. The molecule has 166 valence electrons. The molecule has 31 heavy (non-hydrogen) atoms. The smallest absolute Gasteiger partial charge is 0.211 e. The molecular formula is C26H31ClO4. The minimum absolute atomic E-state index is 0.0812. The van der Waals surface area contributed by atoms with Crippen molar-refractivity contribution in [3.8, 4) is 11.5 Å². The fourth-order valence-electron chi connectivity index (χ4n) is 5.78. The number of carbonyl (C=O) groups excluding carboxylic acids is 1. The van der Waals surface area contributed by atoms with E-state index in [0.29, 0.717) is 17.1 Å². The summed E-state index contributed by atoms with van der Waals surface area (Å²) in [5.74, 6) is 0.816. The predicted molar refractivity (Wildman–Crippen MR) is 123 cm³/mol. The third kappa shape index (κ3) is 3.14. The maximum absolute atomic E-state index is 13.3. The average molecular weight is 443 g/mol. The number of hydrogen-bond donors (Lipinski definition) is 1. The Bertz CT molecular complexity index is 1060. The second kappa shape index (κ2) is 7.44. The fraction of sp³-hybridized carbons (Fsp3) is 0.500. The van der Waals surface area contributed by atoms with E-state index in [1.54, 1.807) is 6.07 Å². The molecule has 4 rings (SSSR count). The summed E-state index contributed by atoms with van der Waals surface area (Å²) >= 11 is 6.72. The predicted octanol–water partition coefficient (Wildman–Crippen LogP) is 6.57. The summed E-state index contributed by atoms with van der Waals surface area (Å²) < 4.78 is 12.1. The van der Waals surface area contributed by atoms with Gasteiger partial charge in [0, 0.05) is 12.0 Å². The molecule has 0 bridgehead atoms. The minimum atomic E-state index is -0.571. The van der Waals surface area contributed by atoms with Crippen LogP contribution >= 0.6 is 11.6 Å². The highest BCUT2D eigenvalue weighted by molar-refractivity contribution is 6.46. The molecule has 1 heterocycles. The number of fused-ring (bicyclic) bond motifs is 1. The molecule has 2 fully saturated rings. The van der Waals surface area contributed by atoms with Crippen LogP contribution in [0.15, 0.2) is 45.7 Å². The van der Waals surface area contributed by atoms with Crippen LogP contribution in [0.25, 0.3) is 0 Å². The molecule has 1 saturated heterocycles. The van der Waals surface area contributed by atoms with E-state index in [9.17, 15) is 9.90 Å². The normalized spacial score (nSPS) is 28.7. The van der Waals surface area contributed by atoms with Crippen molar-refractivity contribution in [3.63, 3.8) is 0 Å².